The van der Waals surface area contributed by atoms with Gasteiger partial charge in [-0.05, 0) is 49.1 Å². The van der Waals surface area contributed by atoms with Crippen LogP contribution in [0.2, 0.25) is 0 Å². The Kier molecular flexibility index (Phi) is 4.23. The number of fused-ring (bicyclic) bond motifs is 1. The third-order valence-electron chi connectivity index (χ3n) is 5.19. The van der Waals surface area contributed by atoms with Gasteiger partial charge in [-0.15, -0.1) is 0 Å². The summed E-state index contributed by atoms with van der Waals surface area (Å²) in [6, 6.07) is 12.8. The number of nitrogens with zero attached hydrogens (tertiary/aromatic N) is 2. The van der Waals surface area contributed by atoms with E-state index in [0.29, 0.717) is 18.8 Å². The van der Waals surface area contributed by atoms with E-state index < -0.39 is 5.92 Å². The van der Waals surface area contributed by atoms with E-state index in [1.54, 1.807) is 9.80 Å². The SMILES string of the molecule is Cc1cc(F)c2c(c1)CCCN2C(=O)[C@@H]1CC(=O)N(c2ccccc2)C1. The van der Waals surface area contributed by atoms with E-state index in [9.17, 15) is 14.0 Å². The van der Waals surface area contributed by atoms with Crippen molar-refractivity contribution in [2.45, 2.75) is 26.2 Å². The first-order valence-corrected chi connectivity index (χ1v) is 9.00. The van der Waals surface area contributed by atoms with Crippen molar-refractivity contribution in [3.05, 3.63) is 59.4 Å². The van der Waals surface area contributed by atoms with Crippen molar-refractivity contribution in [2.24, 2.45) is 5.92 Å². The predicted octanol–water partition coefficient (Wildman–Crippen LogP) is 3.47. The van der Waals surface area contributed by atoms with Gasteiger partial charge in [-0.3, -0.25) is 9.59 Å². The van der Waals surface area contributed by atoms with E-state index in [4.69, 9.17) is 0 Å². The topological polar surface area (TPSA) is 40.6 Å². The van der Waals surface area contributed by atoms with Gasteiger partial charge in [0.1, 0.15) is 5.82 Å². The zero-order chi connectivity index (χ0) is 18.3. The molecule has 1 fully saturated rings. The Labute approximate surface area is 152 Å². The van der Waals surface area contributed by atoms with Crippen molar-refractivity contribution < 1.29 is 14.0 Å². The van der Waals surface area contributed by atoms with E-state index in [0.717, 1.165) is 29.7 Å². The van der Waals surface area contributed by atoms with Gasteiger partial charge in [-0.25, -0.2) is 4.39 Å². The molecule has 2 heterocycles. The minimum atomic E-state index is -0.436. The number of aryl methyl sites for hydroxylation is 2. The van der Waals surface area contributed by atoms with Crippen LogP contribution in [0, 0.1) is 18.7 Å². The van der Waals surface area contributed by atoms with Crippen LogP contribution >= 0.6 is 0 Å². The molecule has 0 radical (unpaired) electrons. The maximum atomic E-state index is 14.6. The molecule has 2 amide bonds. The fourth-order valence-corrected chi connectivity index (χ4v) is 4.01. The number of rotatable bonds is 2. The molecule has 0 aromatic heterocycles. The molecule has 2 aliphatic heterocycles. The maximum Gasteiger partial charge on any atom is 0.232 e. The first-order valence-electron chi connectivity index (χ1n) is 9.00. The third-order valence-corrected chi connectivity index (χ3v) is 5.19. The first-order chi connectivity index (χ1) is 12.5. The monoisotopic (exact) mass is 352 g/mol. The summed E-state index contributed by atoms with van der Waals surface area (Å²) in [4.78, 5) is 28.7. The van der Waals surface area contributed by atoms with Crippen LogP contribution in [0.1, 0.15) is 24.0 Å². The minimum Gasteiger partial charge on any atom is -0.312 e. The standard InChI is InChI=1S/C21H21FN2O2/c1-14-10-15-6-5-9-23(20(15)18(22)11-14)21(26)16-12-19(25)24(13-16)17-7-3-2-4-8-17/h2-4,7-8,10-11,16H,5-6,9,12-13H2,1H3/t16-/m1/s1. The molecule has 0 unspecified atom stereocenters. The van der Waals surface area contributed by atoms with Crippen LogP contribution in [-0.4, -0.2) is 24.9 Å². The molecule has 134 valence electrons. The van der Waals surface area contributed by atoms with Crippen LogP contribution in [0.15, 0.2) is 42.5 Å². The third kappa shape index (κ3) is 2.87. The summed E-state index contributed by atoms with van der Waals surface area (Å²) in [5, 5.41) is 0. The molecule has 4 nitrogen and oxygen atoms in total. The van der Waals surface area contributed by atoms with E-state index in [1.807, 2.05) is 43.3 Å². The van der Waals surface area contributed by atoms with Gasteiger partial charge in [0.05, 0.1) is 11.6 Å². The lowest BCUT2D eigenvalue weighted by Gasteiger charge is -2.32. The van der Waals surface area contributed by atoms with Crippen molar-refractivity contribution in [3.63, 3.8) is 0 Å². The van der Waals surface area contributed by atoms with Crippen molar-refractivity contribution in [1.82, 2.24) is 0 Å². The second kappa shape index (κ2) is 6.56. The highest BCUT2D eigenvalue weighted by molar-refractivity contribution is 6.04. The highest BCUT2D eigenvalue weighted by Gasteiger charge is 2.39. The molecule has 2 aromatic rings. The summed E-state index contributed by atoms with van der Waals surface area (Å²) in [6.07, 6.45) is 1.76. The molecule has 0 spiro atoms. The molecular weight excluding hydrogens is 331 g/mol. The highest BCUT2D eigenvalue weighted by atomic mass is 19.1. The number of benzene rings is 2. The molecule has 0 saturated carbocycles. The lowest BCUT2D eigenvalue weighted by molar-refractivity contribution is -0.124. The Morgan fingerprint density at radius 2 is 1.96 bits per heavy atom. The molecular formula is C21H21FN2O2. The normalized spacial score (nSPS) is 19.6. The lowest BCUT2D eigenvalue weighted by atomic mass is 9.97. The van der Waals surface area contributed by atoms with Gasteiger partial charge in [0.2, 0.25) is 11.8 Å². The highest BCUT2D eigenvalue weighted by Crippen LogP contribution is 2.34. The summed E-state index contributed by atoms with van der Waals surface area (Å²) < 4.78 is 14.6. The van der Waals surface area contributed by atoms with Crippen molar-refractivity contribution in [1.29, 1.82) is 0 Å². The fraction of sp³-hybridized carbons (Fsp3) is 0.333. The fourth-order valence-electron chi connectivity index (χ4n) is 4.01. The summed E-state index contributed by atoms with van der Waals surface area (Å²) >= 11 is 0. The molecule has 2 aliphatic rings. The van der Waals surface area contributed by atoms with E-state index in [1.165, 1.54) is 6.07 Å². The molecule has 0 aliphatic carbocycles. The summed E-state index contributed by atoms with van der Waals surface area (Å²) in [6.45, 7) is 2.71. The second-order valence-corrected chi connectivity index (χ2v) is 7.09. The maximum absolute atomic E-state index is 14.6. The zero-order valence-corrected chi connectivity index (χ0v) is 14.7. The first kappa shape index (κ1) is 16.8. The van der Waals surface area contributed by atoms with Crippen LogP contribution in [0.25, 0.3) is 0 Å². The van der Waals surface area contributed by atoms with Gasteiger partial charge in [0.25, 0.3) is 0 Å². The van der Waals surface area contributed by atoms with Gasteiger partial charge < -0.3 is 9.80 Å². The number of carbonyl (C=O) groups is 2. The summed E-state index contributed by atoms with van der Waals surface area (Å²) in [5.74, 6) is -0.997. The Balaban J connectivity index is 1.59. The van der Waals surface area contributed by atoms with Crippen LogP contribution in [0.4, 0.5) is 15.8 Å². The number of anilines is 2. The molecule has 5 heteroatoms. The largest absolute Gasteiger partial charge is 0.312 e. The molecule has 1 atom stereocenters. The zero-order valence-electron chi connectivity index (χ0n) is 14.7. The van der Waals surface area contributed by atoms with Crippen LogP contribution in [0.5, 0.6) is 0 Å². The predicted molar refractivity (Wildman–Crippen MR) is 98.7 cm³/mol. The van der Waals surface area contributed by atoms with Gasteiger partial charge in [-0.2, -0.15) is 0 Å². The van der Waals surface area contributed by atoms with Crippen LogP contribution < -0.4 is 9.80 Å². The van der Waals surface area contributed by atoms with Gasteiger partial charge in [-0.1, -0.05) is 24.3 Å². The van der Waals surface area contributed by atoms with Crippen LogP contribution in [0.3, 0.4) is 0 Å². The Morgan fingerprint density at radius 3 is 2.73 bits per heavy atom. The van der Waals surface area contributed by atoms with E-state index >= 15 is 0 Å². The van der Waals surface area contributed by atoms with E-state index in [-0.39, 0.29) is 24.1 Å². The van der Waals surface area contributed by atoms with Crippen molar-refractivity contribution >= 4 is 23.2 Å². The van der Waals surface area contributed by atoms with Gasteiger partial charge in [0, 0.05) is 25.2 Å². The minimum absolute atomic E-state index is 0.0591. The molecule has 2 aromatic carbocycles. The molecule has 0 bridgehead atoms. The lowest BCUT2D eigenvalue weighted by Crippen LogP contribution is -2.41. The second-order valence-electron chi connectivity index (χ2n) is 7.09. The molecule has 4 rings (SSSR count). The Morgan fingerprint density at radius 1 is 1.19 bits per heavy atom. The molecule has 26 heavy (non-hydrogen) atoms. The number of para-hydroxylation sites is 1. The smallest absolute Gasteiger partial charge is 0.232 e. The number of hydrogen-bond acceptors (Lipinski definition) is 2. The molecule has 0 N–H and O–H groups in total. The Bertz CT molecular complexity index is 866. The summed E-state index contributed by atoms with van der Waals surface area (Å²) in [7, 11) is 0. The van der Waals surface area contributed by atoms with Crippen molar-refractivity contribution in [3.8, 4) is 0 Å². The quantitative estimate of drug-likeness (QED) is 0.830. The number of amides is 2. The van der Waals surface area contributed by atoms with Gasteiger partial charge >= 0.3 is 0 Å². The van der Waals surface area contributed by atoms with Crippen molar-refractivity contribution in [2.75, 3.05) is 22.9 Å². The number of halogens is 1. The van der Waals surface area contributed by atoms with Gasteiger partial charge in [0.15, 0.2) is 0 Å². The average molecular weight is 352 g/mol. The summed E-state index contributed by atoms with van der Waals surface area (Å²) in [5.41, 5.74) is 2.94. The number of hydrogen-bond donors (Lipinski definition) is 0. The van der Waals surface area contributed by atoms with E-state index in [2.05, 4.69) is 0 Å². The van der Waals surface area contributed by atoms with Crippen LogP contribution in [-0.2, 0) is 16.0 Å². The Hall–Kier alpha value is -2.69. The average Bonchev–Trinajstić information content (AvgIpc) is 3.03. The number of carbonyl (C=O) groups excluding carboxylic acids is 2. The molecule has 1 saturated heterocycles.